The third-order valence-corrected chi connectivity index (χ3v) is 5.67. The second kappa shape index (κ2) is 4.90. The maximum absolute atomic E-state index is 4.72. The van der Waals surface area contributed by atoms with Crippen molar-refractivity contribution in [1.29, 1.82) is 0 Å². The molecular formula is C13H17BrN4S. The van der Waals surface area contributed by atoms with Gasteiger partial charge in [0.15, 0.2) is 5.13 Å². The lowest BCUT2D eigenvalue weighted by molar-refractivity contribution is 0.648. The van der Waals surface area contributed by atoms with E-state index < -0.39 is 0 Å². The van der Waals surface area contributed by atoms with Gasteiger partial charge in [0, 0.05) is 18.5 Å². The maximum atomic E-state index is 4.72. The van der Waals surface area contributed by atoms with Crippen LogP contribution < -0.4 is 4.90 Å². The molecule has 0 radical (unpaired) electrons. The van der Waals surface area contributed by atoms with Gasteiger partial charge < -0.3 is 4.90 Å². The zero-order chi connectivity index (χ0) is 13.6. The summed E-state index contributed by atoms with van der Waals surface area (Å²) in [5.41, 5.74) is 3.27. The molecule has 0 bridgehead atoms. The Morgan fingerprint density at radius 1 is 1.47 bits per heavy atom. The van der Waals surface area contributed by atoms with E-state index in [9.17, 15) is 0 Å². The van der Waals surface area contributed by atoms with Crippen LogP contribution in [-0.2, 0) is 6.54 Å². The molecule has 0 spiro atoms. The molecule has 0 unspecified atom stereocenters. The molecule has 6 heteroatoms. The Morgan fingerprint density at radius 2 is 2.21 bits per heavy atom. The van der Waals surface area contributed by atoms with Crippen LogP contribution in [0.1, 0.15) is 29.9 Å². The first kappa shape index (κ1) is 13.1. The fourth-order valence-electron chi connectivity index (χ4n) is 2.13. The van der Waals surface area contributed by atoms with Crippen LogP contribution in [0.25, 0.3) is 0 Å². The summed E-state index contributed by atoms with van der Waals surface area (Å²) in [5.74, 6) is 0. The first-order valence-corrected chi connectivity index (χ1v) is 8.10. The van der Waals surface area contributed by atoms with Crippen molar-refractivity contribution < 1.29 is 0 Å². The number of anilines is 1. The van der Waals surface area contributed by atoms with E-state index in [0.29, 0.717) is 6.04 Å². The molecule has 2 aromatic heterocycles. The minimum Gasteiger partial charge on any atom is -0.348 e. The van der Waals surface area contributed by atoms with Gasteiger partial charge in [-0.25, -0.2) is 4.98 Å². The van der Waals surface area contributed by atoms with Crippen LogP contribution in [0.3, 0.4) is 0 Å². The standard InChI is InChI=1S/C13H17BrN4S/c1-8-12(14)9(2)18(16-8)6-10-7-19-13(15-10)17(3)11-4-5-11/h7,11H,4-6H2,1-3H3. The first-order chi connectivity index (χ1) is 9.06. The fourth-order valence-corrected chi connectivity index (χ4v) is 3.27. The van der Waals surface area contributed by atoms with Crippen molar-refractivity contribution in [1.82, 2.24) is 14.8 Å². The van der Waals surface area contributed by atoms with E-state index in [1.54, 1.807) is 11.3 Å². The molecule has 4 nitrogen and oxygen atoms in total. The van der Waals surface area contributed by atoms with Gasteiger partial charge in [0.25, 0.3) is 0 Å². The molecule has 0 atom stereocenters. The molecule has 19 heavy (non-hydrogen) atoms. The Bertz CT molecular complexity index is 600. The van der Waals surface area contributed by atoms with Crippen LogP contribution >= 0.6 is 27.3 Å². The number of nitrogens with zero attached hydrogens (tertiary/aromatic N) is 4. The second-order valence-electron chi connectivity index (χ2n) is 5.11. The van der Waals surface area contributed by atoms with Crippen molar-refractivity contribution >= 4 is 32.4 Å². The predicted molar refractivity (Wildman–Crippen MR) is 82.0 cm³/mol. The molecule has 0 N–H and O–H groups in total. The zero-order valence-corrected chi connectivity index (χ0v) is 13.8. The Labute approximate surface area is 125 Å². The highest BCUT2D eigenvalue weighted by molar-refractivity contribution is 9.10. The Balaban J connectivity index is 1.77. The van der Waals surface area contributed by atoms with Crippen LogP contribution in [0, 0.1) is 13.8 Å². The van der Waals surface area contributed by atoms with Gasteiger partial charge in [-0.05, 0) is 42.6 Å². The average molecular weight is 341 g/mol. The van der Waals surface area contributed by atoms with Gasteiger partial charge in [-0.3, -0.25) is 4.68 Å². The van der Waals surface area contributed by atoms with Crippen molar-refractivity contribution in [3.05, 3.63) is 26.9 Å². The van der Waals surface area contributed by atoms with Gasteiger partial charge in [-0.1, -0.05) is 0 Å². The van der Waals surface area contributed by atoms with Gasteiger partial charge in [-0.2, -0.15) is 5.10 Å². The van der Waals surface area contributed by atoms with E-state index in [1.165, 1.54) is 12.8 Å². The topological polar surface area (TPSA) is 34.0 Å². The summed E-state index contributed by atoms with van der Waals surface area (Å²) < 4.78 is 3.10. The van der Waals surface area contributed by atoms with E-state index in [-0.39, 0.29) is 0 Å². The summed E-state index contributed by atoms with van der Waals surface area (Å²) in [6.45, 7) is 4.84. The van der Waals surface area contributed by atoms with Crippen LogP contribution in [0.5, 0.6) is 0 Å². The van der Waals surface area contributed by atoms with Crippen LogP contribution in [0.2, 0.25) is 0 Å². The smallest absolute Gasteiger partial charge is 0.185 e. The van der Waals surface area contributed by atoms with Crippen molar-refractivity contribution in [2.24, 2.45) is 0 Å². The lowest BCUT2D eigenvalue weighted by Crippen LogP contribution is -2.19. The lowest BCUT2D eigenvalue weighted by atomic mass is 10.4. The predicted octanol–water partition coefficient (Wildman–Crippen LogP) is 3.37. The highest BCUT2D eigenvalue weighted by Gasteiger charge is 2.28. The van der Waals surface area contributed by atoms with Gasteiger partial charge in [0.2, 0.25) is 0 Å². The monoisotopic (exact) mass is 340 g/mol. The highest BCUT2D eigenvalue weighted by Crippen LogP contribution is 2.32. The molecule has 1 fully saturated rings. The van der Waals surface area contributed by atoms with E-state index in [1.807, 2.05) is 11.6 Å². The van der Waals surface area contributed by atoms with Gasteiger partial charge in [0.05, 0.1) is 28.1 Å². The van der Waals surface area contributed by atoms with Crippen molar-refractivity contribution in [2.75, 3.05) is 11.9 Å². The Kier molecular flexibility index (Phi) is 3.39. The lowest BCUT2D eigenvalue weighted by Gasteiger charge is -2.13. The highest BCUT2D eigenvalue weighted by atomic mass is 79.9. The molecular weight excluding hydrogens is 324 g/mol. The molecule has 2 aromatic rings. The first-order valence-electron chi connectivity index (χ1n) is 6.43. The Morgan fingerprint density at radius 3 is 2.79 bits per heavy atom. The van der Waals surface area contributed by atoms with Gasteiger partial charge in [-0.15, -0.1) is 11.3 Å². The zero-order valence-electron chi connectivity index (χ0n) is 11.4. The van der Waals surface area contributed by atoms with Crippen LogP contribution in [0.15, 0.2) is 9.85 Å². The summed E-state index contributed by atoms with van der Waals surface area (Å²) in [7, 11) is 2.14. The largest absolute Gasteiger partial charge is 0.348 e. The number of aromatic nitrogens is 3. The summed E-state index contributed by atoms with van der Waals surface area (Å²) in [6.07, 6.45) is 2.60. The molecule has 1 aliphatic carbocycles. The number of hydrogen-bond acceptors (Lipinski definition) is 4. The summed E-state index contributed by atoms with van der Waals surface area (Å²) in [6, 6.07) is 0.710. The van der Waals surface area contributed by atoms with Crippen molar-refractivity contribution in [2.45, 2.75) is 39.3 Å². The molecule has 1 saturated carbocycles. The molecule has 1 aliphatic rings. The third kappa shape index (κ3) is 2.56. The number of rotatable bonds is 4. The third-order valence-electron chi connectivity index (χ3n) is 3.54. The molecule has 0 amide bonds. The van der Waals surface area contributed by atoms with E-state index in [4.69, 9.17) is 4.98 Å². The van der Waals surface area contributed by atoms with E-state index >= 15 is 0 Å². The average Bonchev–Trinajstić information content (AvgIpc) is 3.10. The molecule has 0 aromatic carbocycles. The molecule has 2 heterocycles. The minimum atomic E-state index is 0.710. The number of aryl methyl sites for hydroxylation is 1. The number of hydrogen-bond donors (Lipinski definition) is 0. The number of thiazole rings is 1. The fraction of sp³-hybridized carbons (Fsp3) is 0.538. The van der Waals surface area contributed by atoms with E-state index in [2.05, 4.69) is 45.3 Å². The SMILES string of the molecule is Cc1nn(Cc2csc(N(C)C3CC3)n2)c(C)c1Br. The normalized spacial score (nSPS) is 14.9. The Hall–Kier alpha value is -0.880. The van der Waals surface area contributed by atoms with Crippen molar-refractivity contribution in [3.63, 3.8) is 0 Å². The minimum absolute atomic E-state index is 0.710. The van der Waals surface area contributed by atoms with Crippen LogP contribution in [0.4, 0.5) is 5.13 Å². The molecule has 102 valence electrons. The van der Waals surface area contributed by atoms with Crippen LogP contribution in [-0.4, -0.2) is 27.9 Å². The van der Waals surface area contributed by atoms with E-state index in [0.717, 1.165) is 33.2 Å². The molecule has 3 rings (SSSR count). The van der Waals surface area contributed by atoms with Crippen molar-refractivity contribution in [3.8, 4) is 0 Å². The molecule has 0 aliphatic heterocycles. The molecule has 0 saturated heterocycles. The maximum Gasteiger partial charge on any atom is 0.185 e. The second-order valence-corrected chi connectivity index (χ2v) is 6.74. The summed E-state index contributed by atoms with van der Waals surface area (Å²) in [5, 5.41) is 7.79. The van der Waals surface area contributed by atoms with Gasteiger partial charge in [0.1, 0.15) is 0 Å². The quantitative estimate of drug-likeness (QED) is 0.855. The summed E-state index contributed by atoms with van der Waals surface area (Å²) >= 11 is 5.28. The van der Waals surface area contributed by atoms with Gasteiger partial charge >= 0.3 is 0 Å². The summed E-state index contributed by atoms with van der Waals surface area (Å²) in [4.78, 5) is 7.01. The number of halogens is 1.